The lowest BCUT2D eigenvalue weighted by molar-refractivity contribution is -0.0903. The summed E-state index contributed by atoms with van der Waals surface area (Å²) in [6.45, 7) is 23.4. The maximum Gasteiger partial charge on any atom is 0.0576 e. The summed E-state index contributed by atoms with van der Waals surface area (Å²) in [5.41, 5.74) is 0.309. The predicted molar refractivity (Wildman–Crippen MR) is 120 cm³/mol. The summed E-state index contributed by atoms with van der Waals surface area (Å²) in [5.74, 6) is 4.61. The highest BCUT2D eigenvalue weighted by atomic mass is 16.3. The third-order valence-electron chi connectivity index (χ3n) is 8.65. The van der Waals surface area contributed by atoms with Crippen LogP contribution in [0.1, 0.15) is 94.9 Å². The van der Waals surface area contributed by atoms with Gasteiger partial charge in [-0.2, -0.15) is 0 Å². The Morgan fingerprint density at radius 3 is 1.21 bits per heavy atom. The zero-order valence-electron chi connectivity index (χ0n) is 20.5. The SMILES string of the molecule is CC(C)C(C1CC(C(C)(C)C)C(O)CC1C)C1CC(C(C)(C)C)C(O)CC1C. The average Bonchev–Trinajstić information content (AvgIpc) is 2.48. The number of hydrogen-bond donors (Lipinski definition) is 2. The first kappa shape index (κ1) is 24.2. The van der Waals surface area contributed by atoms with E-state index in [-0.39, 0.29) is 23.0 Å². The van der Waals surface area contributed by atoms with Gasteiger partial charge in [-0.3, -0.25) is 0 Å². The average molecular weight is 395 g/mol. The Bertz CT molecular complexity index is 456. The highest BCUT2D eigenvalue weighted by Gasteiger charge is 2.49. The van der Waals surface area contributed by atoms with Crippen molar-refractivity contribution < 1.29 is 10.2 Å². The first-order valence-corrected chi connectivity index (χ1v) is 12.0. The van der Waals surface area contributed by atoms with E-state index in [0.717, 1.165) is 25.7 Å². The van der Waals surface area contributed by atoms with Crippen LogP contribution >= 0.6 is 0 Å². The molecule has 0 aromatic heterocycles. The van der Waals surface area contributed by atoms with Gasteiger partial charge in [0.1, 0.15) is 0 Å². The van der Waals surface area contributed by atoms with Gasteiger partial charge in [0.25, 0.3) is 0 Å². The summed E-state index contributed by atoms with van der Waals surface area (Å²) in [6, 6.07) is 0. The minimum atomic E-state index is -0.160. The van der Waals surface area contributed by atoms with E-state index in [2.05, 4.69) is 69.2 Å². The van der Waals surface area contributed by atoms with Crippen molar-refractivity contribution in [2.75, 3.05) is 0 Å². The van der Waals surface area contributed by atoms with Crippen LogP contribution in [0.4, 0.5) is 0 Å². The standard InChI is InChI=1S/C26H50O2/c1-15(2)24(18-13-20(25(5,6)7)22(27)11-16(18)3)19-14-21(26(8,9)10)23(28)12-17(19)4/h15-24,27-28H,11-14H2,1-10H3. The van der Waals surface area contributed by atoms with Gasteiger partial charge in [-0.1, -0.05) is 69.2 Å². The monoisotopic (exact) mass is 394 g/mol. The molecule has 2 rings (SSSR count). The van der Waals surface area contributed by atoms with E-state index in [4.69, 9.17) is 0 Å². The van der Waals surface area contributed by atoms with E-state index in [1.807, 2.05) is 0 Å². The van der Waals surface area contributed by atoms with Crippen LogP contribution in [0, 0.1) is 58.2 Å². The molecule has 2 fully saturated rings. The van der Waals surface area contributed by atoms with Crippen LogP contribution in [0.3, 0.4) is 0 Å². The minimum absolute atomic E-state index is 0.154. The molecule has 0 aliphatic heterocycles. The zero-order chi connectivity index (χ0) is 21.6. The minimum Gasteiger partial charge on any atom is -0.393 e. The molecule has 28 heavy (non-hydrogen) atoms. The lowest BCUT2D eigenvalue weighted by Gasteiger charge is -2.53. The number of aliphatic hydroxyl groups excluding tert-OH is 2. The lowest BCUT2D eigenvalue weighted by atomic mass is 9.53. The summed E-state index contributed by atoms with van der Waals surface area (Å²) in [4.78, 5) is 0. The second-order valence-electron chi connectivity index (χ2n) is 13.1. The molecule has 8 atom stereocenters. The highest BCUT2D eigenvalue weighted by Crippen LogP contribution is 2.53. The van der Waals surface area contributed by atoms with Gasteiger partial charge >= 0.3 is 0 Å². The Hall–Kier alpha value is -0.0800. The predicted octanol–water partition coefficient (Wildman–Crippen LogP) is 6.40. The van der Waals surface area contributed by atoms with Crippen molar-refractivity contribution in [2.45, 2.75) is 107 Å². The van der Waals surface area contributed by atoms with Crippen molar-refractivity contribution >= 4 is 0 Å². The summed E-state index contributed by atoms with van der Waals surface area (Å²) in [6.07, 6.45) is 3.88. The molecule has 2 saturated carbocycles. The molecule has 166 valence electrons. The number of rotatable bonds is 3. The number of hydrogen-bond acceptors (Lipinski definition) is 2. The van der Waals surface area contributed by atoms with Gasteiger partial charge < -0.3 is 10.2 Å². The Kier molecular flexibility index (Phi) is 7.41. The lowest BCUT2D eigenvalue weighted by Crippen LogP contribution is -2.49. The molecule has 8 unspecified atom stereocenters. The van der Waals surface area contributed by atoms with Gasteiger partial charge in [0, 0.05) is 0 Å². The normalized spacial score (nSPS) is 41.9. The molecule has 0 saturated heterocycles. The van der Waals surface area contributed by atoms with Crippen molar-refractivity contribution in [3.05, 3.63) is 0 Å². The fourth-order valence-electron chi connectivity index (χ4n) is 7.05. The maximum atomic E-state index is 10.8. The number of aliphatic hydroxyl groups is 2. The molecule has 0 aromatic carbocycles. The Balaban J connectivity index is 2.32. The third-order valence-corrected chi connectivity index (χ3v) is 8.65. The molecule has 2 nitrogen and oxygen atoms in total. The summed E-state index contributed by atoms with van der Waals surface area (Å²) in [7, 11) is 0. The molecule has 2 N–H and O–H groups in total. The Morgan fingerprint density at radius 2 is 0.964 bits per heavy atom. The second kappa shape index (κ2) is 8.58. The third kappa shape index (κ3) is 5.15. The quantitative estimate of drug-likeness (QED) is 0.581. The van der Waals surface area contributed by atoms with Crippen LogP contribution < -0.4 is 0 Å². The molecule has 2 heteroatoms. The van der Waals surface area contributed by atoms with Crippen LogP contribution in [0.25, 0.3) is 0 Å². The molecular formula is C26H50O2. The van der Waals surface area contributed by atoms with Crippen LogP contribution in [-0.2, 0) is 0 Å². The van der Waals surface area contributed by atoms with Crippen molar-refractivity contribution in [3.8, 4) is 0 Å². The molecule has 0 bridgehead atoms. The Labute approximate surface area is 175 Å². The fraction of sp³-hybridized carbons (Fsp3) is 1.00. The van der Waals surface area contributed by atoms with Crippen LogP contribution in [0.5, 0.6) is 0 Å². The van der Waals surface area contributed by atoms with Gasteiger partial charge in [-0.15, -0.1) is 0 Å². The molecule has 0 spiro atoms. The van der Waals surface area contributed by atoms with E-state index in [1.54, 1.807) is 0 Å². The zero-order valence-corrected chi connectivity index (χ0v) is 20.5. The first-order chi connectivity index (χ1) is 12.6. The van der Waals surface area contributed by atoms with Crippen molar-refractivity contribution in [3.63, 3.8) is 0 Å². The maximum absolute atomic E-state index is 10.8. The molecule has 0 amide bonds. The largest absolute Gasteiger partial charge is 0.393 e. The molecular weight excluding hydrogens is 344 g/mol. The summed E-state index contributed by atoms with van der Waals surface area (Å²) < 4.78 is 0. The van der Waals surface area contributed by atoms with Gasteiger partial charge in [0.05, 0.1) is 12.2 Å². The molecule has 0 aromatic rings. The van der Waals surface area contributed by atoms with E-state index < -0.39 is 0 Å². The highest BCUT2D eigenvalue weighted by molar-refractivity contribution is 4.98. The second-order valence-corrected chi connectivity index (χ2v) is 13.1. The first-order valence-electron chi connectivity index (χ1n) is 12.0. The van der Waals surface area contributed by atoms with Crippen molar-refractivity contribution in [2.24, 2.45) is 58.2 Å². The van der Waals surface area contributed by atoms with Crippen molar-refractivity contribution in [1.82, 2.24) is 0 Å². The van der Waals surface area contributed by atoms with Crippen LogP contribution in [0.15, 0.2) is 0 Å². The van der Waals surface area contributed by atoms with E-state index >= 15 is 0 Å². The van der Waals surface area contributed by atoms with Gasteiger partial charge in [0.2, 0.25) is 0 Å². The van der Waals surface area contributed by atoms with Crippen LogP contribution in [0.2, 0.25) is 0 Å². The smallest absolute Gasteiger partial charge is 0.0576 e. The van der Waals surface area contributed by atoms with Gasteiger partial charge in [-0.05, 0) is 83.9 Å². The summed E-state index contributed by atoms with van der Waals surface area (Å²) in [5, 5.41) is 21.7. The van der Waals surface area contributed by atoms with E-state index in [9.17, 15) is 10.2 Å². The van der Waals surface area contributed by atoms with Crippen molar-refractivity contribution in [1.29, 1.82) is 0 Å². The van der Waals surface area contributed by atoms with E-state index in [1.165, 1.54) is 0 Å². The molecule has 0 radical (unpaired) electrons. The van der Waals surface area contributed by atoms with Gasteiger partial charge in [-0.25, -0.2) is 0 Å². The van der Waals surface area contributed by atoms with Crippen LogP contribution in [-0.4, -0.2) is 22.4 Å². The molecule has 2 aliphatic carbocycles. The van der Waals surface area contributed by atoms with E-state index in [0.29, 0.717) is 47.3 Å². The topological polar surface area (TPSA) is 40.5 Å². The molecule has 2 aliphatic rings. The summed E-state index contributed by atoms with van der Waals surface area (Å²) >= 11 is 0. The molecule has 0 heterocycles. The fourth-order valence-corrected chi connectivity index (χ4v) is 7.05. The van der Waals surface area contributed by atoms with Gasteiger partial charge in [0.15, 0.2) is 0 Å². The Morgan fingerprint density at radius 1 is 0.643 bits per heavy atom.